The first-order chi connectivity index (χ1) is 8.81. The van der Waals surface area contributed by atoms with Crippen molar-refractivity contribution < 1.29 is 14.3 Å². The van der Waals surface area contributed by atoms with E-state index in [0.717, 1.165) is 25.9 Å². The Hall–Kier alpha value is -1.71. The number of hydrogen-bond donors (Lipinski definition) is 0. The van der Waals surface area contributed by atoms with E-state index in [1.54, 1.807) is 7.11 Å². The molecule has 1 saturated heterocycles. The Labute approximate surface area is 107 Å². The van der Waals surface area contributed by atoms with Crippen molar-refractivity contribution in [3.05, 3.63) is 24.3 Å². The normalized spacial score (nSPS) is 15.3. The summed E-state index contributed by atoms with van der Waals surface area (Å²) in [5.74, 6) is 1.33. The molecule has 1 heterocycles. The molecule has 1 aliphatic rings. The Morgan fingerprint density at radius 2 is 1.83 bits per heavy atom. The first-order valence-electron chi connectivity index (χ1n) is 6.35. The highest BCUT2D eigenvalue weighted by Gasteiger charge is 2.17. The Balaban J connectivity index is 1.88. The number of carbonyl (C=O) groups excluding carboxylic acids is 1. The predicted octanol–water partition coefficient (Wildman–Crippen LogP) is 2.09. The largest absolute Gasteiger partial charge is 0.493 e. The number of piperidine rings is 1. The van der Waals surface area contributed by atoms with Gasteiger partial charge >= 0.3 is 0 Å². The van der Waals surface area contributed by atoms with E-state index in [-0.39, 0.29) is 12.5 Å². The maximum absolute atomic E-state index is 11.9. The number of para-hydroxylation sites is 2. The van der Waals surface area contributed by atoms with E-state index in [1.807, 2.05) is 29.2 Å². The molecule has 0 N–H and O–H groups in total. The van der Waals surface area contributed by atoms with Crippen molar-refractivity contribution in [3.8, 4) is 11.5 Å². The Morgan fingerprint density at radius 3 is 2.50 bits per heavy atom. The van der Waals surface area contributed by atoms with Crippen LogP contribution in [0.4, 0.5) is 0 Å². The highest BCUT2D eigenvalue weighted by molar-refractivity contribution is 5.77. The van der Waals surface area contributed by atoms with E-state index < -0.39 is 0 Å². The molecule has 2 rings (SSSR count). The highest BCUT2D eigenvalue weighted by Crippen LogP contribution is 2.25. The van der Waals surface area contributed by atoms with Crippen LogP contribution in [0, 0.1) is 0 Å². The van der Waals surface area contributed by atoms with Gasteiger partial charge in [0.1, 0.15) is 0 Å². The zero-order chi connectivity index (χ0) is 12.8. The summed E-state index contributed by atoms with van der Waals surface area (Å²) in [7, 11) is 1.59. The van der Waals surface area contributed by atoms with Crippen LogP contribution in [0.3, 0.4) is 0 Å². The van der Waals surface area contributed by atoms with Gasteiger partial charge < -0.3 is 14.4 Å². The van der Waals surface area contributed by atoms with Crippen molar-refractivity contribution in [2.45, 2.75) is 19.3 Å². The number of methoxy groups -OCH3 is 1. The molecule has 18 heavy (non-hydrogen) atoms. The molecule has 0 spiro atoms. The number of nitrogens with zero attached hydrogens (tertiary/aromatic N) is 1. The molecule has 0 atom stereocenters. The number of amides is 1. The topological polar surface area (TPSA) is 38.8 Å². The van der Waals surface area contributed by atoms with Crippen molar-refractivity contribution in [2.24, 2.45) is 0 Å². The summed E-state index contributed by atoms with van der Waals surface area (Å²) in [4.78, 5) is 13.8. The summed E-state index contributed by atoms with van der Waals surface area (Å²) in [5, 5.41) is 0. The number of likely N-dealkylation sites (tertiary alicyclic amines) is 1. The molecule has 0 aromatic heterocycles. The van der Waals surface area contributed by atoms with Gasteiger partial charge in [0.05, 0.1) is 7.11 Å². The lowest BCUT2D eigenvalue weighted by atomic mass is 10.1. The fourth-order valence-electron chi connectivity index (χ4n) is 2.11. The Morgan fingerprint density at radius 1 is 1.17 bits per heavy atom. The number of carbonyl (C=O) groups is 1. The second kappa shape index (κ2) is 6.28. The van der Waals surface area contributed by atoms with Gasteiger partial charge in [-0.2, -0.15) is 0 Å². The van der Waals surface area contributed by atoms with Crippen molar-refractivity contribution in [1.29, 1.82) is 0 Å². The fraction of sp³-hybridized carbons (Fsp3) is 0.500. The van der Waals surface area contributed by atoms with Crippen LogP contribution in [-0.4, -0.2) is 37.6 Å². The van der Waals surface area contributed by atoms with E-state index in [1.165, 1.54) is 6.42 Å². The number of benzene rings is 1. The third-order valence-electron chi connectivity index (χ3n) is 3.13. The standard InChI is InChI=1S/C14H19NO3/c1-17-12-7-3-4-8-13(12)18-11-14(16)15-9-5-2-6-10-15/h3-4,7-8H,2,5-6,9-11H2,1H3. The number of rotatable bonds is 4. The minimum Gasteiger partial charge on any atom is -0.493 e. The lowest BCUT2D eigenvalue weighted by Gasteiger charge is -2.26. The molecule has 98 valence electrons. The molecule has 4 nitrogen and oxygen atoms in total. The van der Waals surface area contributed by atoms with Crippen LogP contribution in [0.2, 0.25) is 0 Å². The quantitative estimate of drug-likeness (QED) is 0.820. The molecule has 1 fully saturated rings. The first-order valence-corrected chi connectivity index (χ1v) is 6.35. The molecule has 1 amide bonds. The maximum atomic E-state index is 11.9. The molecule has 1 aromatic carbocycles. The van der Waals surface area contributed by atoms with Gasteiger partial charge in [-0.05, 0) is 31.4 Å². The molecule has 0 aliphatic carbocycles. The van der Waals surface area contributed by atoms with Crippen LogP contribution in [0.1, 0.15) is 19.3 Å². The van der Waals surface area contributed by atoms with E-state index in [9.17, 15) is 4.79 Å². The van der Waals surface area contributed by atoms with Gasteiger partial charge in [0.15, 0.2) is 18.1 Å². The van der Waals surface area contributed by atoms with Crippen molar-refractivity contribution >= 4 is 5.91 Å². The van der Waals surface area contributed by atoms with Crippen molar-refractivity contribution in [2.75, 3.05) is 26.8 Å². The zero-order valence-electron chi connectivity index (χ0n) is 10.7. The second-order valence-electron chi connectivity index (χ2n) is 4.38. The molecule has 0 unspecified atom stereocenters. The number of ether oxygens (including phenoxy) is 2. The van der Waals surface area contributed by atoms with Crippen LogP contribution >= 0.6 is 0 Å². The number of hydrogen-bond acceptors (Lipinski definition) is 3. The molecule has 4 heteroatoms. The smallest absolute Gasteiger partial charge is 0.260 e. The molecular weight excluding hydrogens is 230 g/mol. The molecular formula is C14H19NO3. The maximum Gasteiger partial charge on any atom is 0.260 e. The van der Waals surface area contributed by atoms with E-state index in [0.29, 0.717) is 11.5 Å². The third-order valence-corrected chi connectivity index (χ3v) is 3.13. The average molecular weight is 249 g/mol. The lowest BCUT2D eigenvalue weighted by Crippen LogP contribution is -2.38. The monoisotopic (exact) mass is 249 g/mol. The van der Waals surface area contributed by atoms with Gasteiger partial charge in [-0.25, -0.2) is 0 Å². The van der Waals surface area contributed by atoms with Crippen LogP contribution in [0.15, 0.2) is 24.3 Å². The molecule has 1 aliphatic heterocycles. The minimum atomic E-state index is 0.0561. The molecule has 0 bridgehead atoms. The summed E-state index contributed by atoms with van der Waals surface area (Å²) in [6.07, 6.45) is 3.41. The van der Waals surface area contributed by atoms with E-state index in [4.69, 9.17) is 9.47 Å². The van der Waals surface area contributed by atoms with Crippen LogP contribution in [0.5, 0.6) is 11.5 Å². The fourth-order valence-corrected chi connectivity index (χ4v) is 2.11. The van der Waals surface area contributed by atoms with E-state index >= 15 is 0 Å². The zero-order valence-corrected chi connectivity index (χ0v) is 10.7. The summed E-state index contributed by atoms with van der Waals surface area (Å²) in [5.41, 5.74) is 0. The van der Waals surface area contributed by atoms with E-state index in [2.05, 4.69) is 0 Å². The van der Waals surface area contributed by atoms with Gasteiger partial charge in [-0.3, -0.25) is 4.79 Å². The first kappa shape index (κ1) is 12.7. The Bertz CT molecular complexity index is 400. The van der Waals surface area contributed by atoms with Gasteiger partial charge in [-0.1, -0.05) is 12.1 Å². The molecule has 0 radical (unpaired) electrons. The van der Waals surface area contributed by atoms with Crippen LogP contribution in [0.25, 0.3) is 0 Å². The average Bonchev–Trinajstić information content (AvgIpc) is 2.46. The minimum absolute atomic E-state index is 0.0561. The van der Waals surface area contributed by atoms with Crippen molar-refractivity contribution in [3.63, 3.8) is 0 Å². The summed E-state index contributed by atoms with van der Waals surface area (Å²) in [6.45, 7) is 1.79. The highest BCUT2D eigenvalue weighted by atomic mass is 16.5. The summed E-state index contributed by atoms with van der Waals surface area (Å²) in [6, 6.07) is 7.37. The van der Waals surface area contributed by atoms with Gasteiger partial charge in [0.25, 0.3) is 5.91 Å². The van der Waals surface area contributed by atoms with Crippen LogP contribution < -0.4 is 9.47 Å². The second-order valence-corrected chi connectivity index (χ2v) is 4.38. The Kier molecular flexibility index (Phi) is 4.45. The molecule has 0 saturated carbocycles. The summed E-state index contributed by atoms with van der Waals surface area (Å²) >= 11 is 0. The van der Waals surface area contributed by atoms with Crippen LogP contribution in [-0.2, 0) is 4.79 Å². The van der Waals surface area contributed by atoms with Gasteiger partial charge in [-0.15, -0.1) is 0 Å². The third kappa shape index (κ3) is 3.15. The van der Waals surface area contributed by atoms with Crippen molar-refractivity contribution in [1.82, 2.24) is 4.90 Å². The van der Waals surface area contributed by atoms with Gasteiger partial charge in [0, 0.05) is 13.1 Å². The van der Waals surface area contributed by atoms with Gasteiger partial charge in [0.2, 0.25) is 0 Å². The summed E-state index contributed by atoms with van der Waals surface area (Å²) < 4.78 is 10.7. The lowest BCUT2D eigenvalue weighted by molar-refractivity contribution is -0.134. The molecule has 1 aromatic rings. The SMILES string of the molecule is COc1ccccc1OCC(=O)N1CCCCC1. The predicted molar refractivity (Wildman–Crippen MR) is 68.9 cm³/mol.